The predicted molar refractivity (Wildman–Crippen MR) is 74.5 cm³/mol. The second-order valence-electron chi connectivity index (χ2n) is 5.41. The van der Waals surface area contributed by atoms with Crippen LogP contribution < -0.4 is 5.32 Å². The Morgan fingerprint density at radius 1 is 1.18 bits per heavy atom. The molecule has 92 valence electrons. The zero-order chi connectivity index (χ0) is 11.7. The van der Waals surface area contributed by atoms with E-state index in [1.807, 2.05) is 11.8 Å². The van der Waals surface area contributed by atoms with Crippen LogP contribution in [0.4, 0.5) is 0 Å². The number of hydrogen-bond donors (Lipinski definition) is 1. The van der Waals surface area contributed by atoms with E-state index in [1.54, 1.807) is 0 Å². The summed E-state index contributed by atoms with van der Waals surface area (Å²) in [5.41, 5.74) is 1.53. The maximum atomic E-state index is 3.91. The number of fused-ring (bicyclic) bond motifs is 1. The first-order valence-electron chi connectivity index (χ1n) is 6.82. The first kappa shape index (κ1) is 11.6. The Morgan fingerprint density at radius 3 is 2.88 bits per heavy atom. The van der Waals surface area contributed by atoms with E-state index in [9.17, 15) is 0 Å². The van der Waals surface area contributed by atoms with Crippen molar-refractivity contribution >= 4 is 11.8 Å². The van der Waals surface area contributed by atoms with Crippen LogP contribution in [-0.2, 0) is 0 Å². The normalized spacial score (nSPS) is 32.4. The van der Waals surface area contributed by atoms with Crippen molar-refractivity contribution in [2.75, 3.05) is 5.75 Å². The van der Waals surface area contributed by atoms with Gasteiger partial charge in [-0.3, -0.25) is 0 Å². The number of nitrogens with one attached hydrogen (secondary N) is 1. The monoisotopic (exact) mass is 247 g/mol. The average molecular weight is 247 g/mol. The third-order valence-corrected chi connectivity index (χ3v) is 5.36. The van der Waals surface area contributed by atoms with Gasteiger partial charge in [-0.05, 0) is 42.6 Å². The third-order valence-electron chi connectivity index (χ3n) is 4.24. The molecule has 2 heteroatoms. The molecule has 1 aliphatic carbocycles. The summed E-state index contributed by atoms with van der Waals surface area (Å²) >= 11 is 2.01. The van der Waals surface area contributed by atoms with Gasteiger partial charge in [-0.2, -0.15) is 0 Å². The number of rotatable bonds is 2. The van der Waals surface area contributed by atoms with Crippen molar-refractivity contribution in [1.29, 1.82) is 0 Å². The van der Waals surface area contributed by atoms with E-state index in [0.29, 0.717) is 6.04 Å². The molecule has 0 radical (unpaired) electrons. The molecule has 1 aromatic carbocycles. The molecule has 0 aromatic heterocycles. The van der Waals surface area contributed by atoms with Crippen LogP contribution in [0.5, 0.6) is 0 Å². The predicted octanol–water partition coefficient (Wildman–Crippen LogP) is 4.00. The van der Waals surface area contributed by atoms with Crippen LogP contribution in [0.1, 0.15) is 44.2 Å². The van der Waals surface area contributed by atoms with Gasteiger partial charge in [0.1, 0.15) is 0 Å². The minimum Gasteiger partial charge on any atom is -0.307 e. The van der Waals surface area contributed by atoms with Gasteiger partial charge >= 0.3 is 0 Å². The first-order chi connectivity index (χ1) is 8.34. The maximum absolute atomic E-state index is 3.91. The molecular formula is C15H21NS. The summed E-state index contributed by atoms with van der Waals surface area (Å²) in [6, 6.07) is 10.3. The molecule has 17 heavy (non-hydrogen) atoms. The standard InChI is InChI=1S/C15H21NS/c1-11-5-4-7-13(11)16-14-9-10-17-15-8-3-2-6-12(14)15/h2-3,6,8,11,13-14,16H,4-5,7,9-10H2,1H3. The second-order valence-corrected chi connectivity index (χ2v) is 6.55. The van der Waals surface area contributed by atoms with Crippen molar-refractivity contribution < 1.29 is 0 Å². The van der Waals surface area contributed by atoms with Gasteiger partial charge in [0.25, 0.3) is 0 Å². The SMILES string of the molecule is CC1CCCC1NC1CCSc2ccccc21. The summed E-state index contributed by atoms with van der Waals surface area (Å²) in [5, 5.41) is 3.91. The van der Waals surface area contributed by atoms with Gasteiger partial charge in [-0.1, -0.05) is 31.5 Å². The molecule has 0 amide bonds. The summed E-state index contributed by atoms with van der Waals surface area (Å²) in [6.45, 7) is 2.40. The van der Waals surface area contributed by atoms with Crippen LogP contribution in [0.3, 0.4) is 0 Å². The molecule has 1 fully saturated rings. The smallest absolute Gasteiger partial charge is 0.0341 e. The van der Waals surface area contributed by atoms with Crippen LogP contribution in [0.15, 0.2) is 29.2 Å². The molecule has 2 aliphatic rings. The van der Waals surface area contributed by atoms with Crippen molar-refractivity contribution in [2.45, 2.75) is 49.6 Å². The lowest BCUT2D eigenvalue weighted by atomic mass is 9.99. The van der Waals surface area contributed by atoms with Gasteiger partial charge < -0.3 is 5.32 Å². The maximum Gasteiger partial charge on any atom is 0.0341 e. The molecule has 3 unspecified atom stereocenters. The van der Waals surface area contributed by atoms with E-state index >= 15 is 0 Å². The summed E-state index contributed by atoms with van der Waals surface area (Å²) in [5.74, 6) is 2.12. The highest BCUT2D eigenvalue weighted by Gasteiger charge is 2.28. The van der Waals surface area contributed by atoms with E-state index in [4.69, 9.17) is 0 Å². The van der Waals surface area contributed by atoms with Gasteiger partial charge in [-0.25, -0.2) is 0 Å². The van der Waals surface area contributed by atoms with Crippen molar-refractivity contribution in [3.8, 4) is 0 Å². The lowest BCUT2D eigenvalue weighted by Gasteiger charge is -2.30. The largest absolute Gasteiger partial charge is 0.307 e. The second kappa shape index (κ2) is 5.03. The summed E-state index contributed by atoms with van der Waals surface area (Å²) in [7, 11) is 0. The molecule has 1 saturated carbocycles. The highest BCUT2D eigenvalue weighted by atomic mass is 32.2. The van der Waals surface area contributed by atoms with E-state index in [0.717, 1.165) is 12.0 Å². The van der Waals surface area contributed by atoms with Crippen molar-refractivity contribution in [3.63, 3.8) is 0 Å². The zero-order valence-electron chi connectivity index (χ0n) is 10.5. The zero-order valence-corrected chi connectivity index (χ0v) is 11.3. The summed E-state index contributed by atoms with van der Waals surface area (Å²) in [6.07, 6.45) is 5.46. The highest BCUT2D eigenvalue weighted by molar-refractivity contribution is 7.99. The molecule has 3 rings (SSSR count). The minimum atomic E-state index is 0.595. The third kappa shape index (κ3) is 2.38. The number of thioether (sulfide) groups is 1. The van der Waals surface area contributed by atoms with E-state index in [2.05, 4.69) is 36.5 Å². The molecule has 0 saturated heterocycles. The fourth-order valence-electron chi connectivity index (χ4n) is 3.17. The first-order valence-corrected chi connectivity index (χ1v) is 7.81. The highest BCUT2D eigenvalue weighted by Crippen LogP contribution is 2.37. The van der Waals surface area contributed by atoms with E-state index < -0.39 is 0 Å². The molecule has 1 heterocycles. The van der Waals surface area contributed by atoms with Crippen molar-refractivity contribution in [3.05, 3.63) is 29.8 Å². The van der Waals surface area contributed by atoms with Crippen LogP contribution in [0, 0.1) is 5.92 Å². The fraction of sp³-hybridized carbons (Fsp3) is 0.600. The molecule has 1 N–H and O–H groups in total. The Morgan fingerprint density at radius 2 is 2.06 bits per heavy atom. The molecular weight excluding hydrogens is 226 g/mol. The topological polar surface area (TPSA) is 12.0 Å². The van der Waals surface area contributed by atoms with Crippen LogP contribution in [-0.4, -0.2) is 11.8 Å². The Hall–Kier alpha value is -0.470. The van der Waals surface area contributed by atoms with Crippen LogP contribution >= 0.6 is 11.8 Å². The molecule has 0 bridgehead atoms. The Balaban J connectivity index is 1.76. The molecule has 3 atom stereocenters. The number of benzene rings is 1. The quantitative estimate of drug-likeness (QED) is 0.847. The Bertz CT molecular complexity index is 390. The van der Waals surface area contributed by atoms with Crippen molar-refractivity contribution in [1.82, 2.24) is 5.32 Å². The molecule has 0 spiro atoms. The minimum absolute atomic E-state index is 0.595. The van der Waals surface area contributed by atoms with Crippen LogP contribution in [0.2, 0.25) is 0 Å². The summed E-state index contributed by atoms with van der Waals surface area (Å²) in [4.78, 5) is 1.49. The van der Waals surface area contributed by atoms with Gasteiger partial charge in [-0.15, -0.1) is 11.8 Å². The van der Waals surface area contributed by atoms with Crippen molar-refractivity contribution in [2.24, 2.45) is 5.92 Å². The molecule has 1 nitrogen and oxygen atoms in total. The molecule has 1 aromatic rings. The van der Waals surface area contributed by atoms with Gasteiger partial charge in [0.15, 0.2) is 0 Å². The van der Waals surface area contributed by atoms with Gasteiger partial charge in [0.2, 0.25) is 0 Å². The van der Waals surface area contributed by atoms with E-state index in [1.165, 1.54) is 41.9 Å². The van der Waals surface area contributed by atoms with E-state index in [-0.39, 0.29) is 0 Å². The van der Waals surface area contributed by atoms with Crippen LogP contribution in [0.25, 0.3) is 0 Å². The fourth-order valence-corrected chi connectivity index (χ4v) is 4.29. The Kier molecular flexibility index (Phi) is 3.44. The number of hydrogen-bond acceptors (Lipinski definition) is 2. The lowest BCUT2D eigenvalue weighted by molar-refractivity contribution is 0.366. The van der Waals surface area contributed by atoms with Gasteiger partial charge in [0, 0.05) is 17.0 Å². The average Bonchev–Trinajstić information content (AvgIpc) is 2.76. The lowest BCUT2D eigenvalue weighted by Crippen LogP contribution is -2.36. The summed E-state index contributed by atoms with van der Waals surface area (Å²) < 4.78 is 0. The van der Waals surface area contributed by atoms with Gasteiger partial charge in [0.05, 0.1) is 0 Å². The molecule has 1 aliphatic heterocycles. The Labute approximate surface area is 108 Å².